The van der Waals surface area contributed by atoms with E-state index in [-0.39, 0.29) is 18.1 Å². The second kappa shape index (κ2) is 9.86. The molecule has 150 valence electrons. The first kappa shape index (κ1) is 20.6. The van der Waals surface area contributed by atoms with Crippen molar-refractivity contribution in [3.63, 3.8) is 0 Å². The molecule has 0 aliphatic carbocycles. The average molecular weight is 373 g/mol. The van der Waals surface area contributed by atoms with Gasteiger partial charge in [-0.15, -0.1) is 0 Å². The van der Waals surface area contributed by atoms with Crippen molar-refractivity contribution in [2.45, 2.75) is 89.1 Å². The first-order valence-electron chi connectivity index (χ1n) is 10.8. The summed E-state index contributed by atoms with van der Waals surface area (Å²) in [4.78, 5) is 0. The van der Waals surface area contributed by atoms with E-state index in [0.29, 0.717) is 24.0 Å². The molecule has 2 N–H and O–H groups in total. The van der Waals surface area contributed by atoms with Gasteiger partial charge in [0.2, 0.25) is 0 Å². The Morgan fingerprint density at radius 3 is 2.48 bits per heavy atom. The molecule has 0 radical (unpaired) electrons. The summed E-state index contributed by atoms with van der Waals surface area (Å²) < 4.78 is 6.20. The Balaban J connectivity index is 1.53. The van der Waals surface area contributed by atoms with E-state index in [1.807, 2.05) is 24.3 Å². The number of allylic oxidation sites excluding steroid dienone is 1. The van der Waals surface area contributed by atoms with Gasteiger partial charge in [-0.2, -0.15) is 0 Å². The fourth-order valence-corrected chi connectivity index (χ4v) is 4.97. The number of rotatable bonds is 10. The molecule has 0 saturated carbocycles. The van der Waals surface area contributed by atoms with E-state index in [4.69, 9.17) is 4.74 Å². The summed E-state index contributed by atoms with van der Waals surface area (Å²) in [6.45, 7) is 4.21. The fraction of sp³-hybridized carbons (Fsp3) is 0.667. The molecule has 27 heavy (non-hydrogen) atoms. The highest BCUT2D eigenvalue weighted by atomic mass is 16.5. The quantitative estimate of drug-likeness (QED) is 0.578. The van der Waals surface area contributed by atoms with Crippen LogP contribution >= 0.6 is 0 Å². The van der Waals surface area contributed by atoms with Crippen molar-refractivity contribution in [2.24, 2.45) is 11.8 Å². The molecule has 2 bridgehead atoms. The molecule has 3 rings (SSSR count). The van der Waals surface area contributed by atoms with Gasteiger partial charge < -0.3 is 14.9 Å². The van der Waals surface area contributed by atoms with E-state index < -0.39 is 0 Å². The maximum Gasteiger partial charge on any atom is 0.0720 e. The van der Waals surface area contributed by atoms with Crippen LogP contribution in [0.25, 0.3) is 0 Å². The highest BCUT2D eigenvalue weighted by molar-refractivity contribution is 5.19. The van der Waals surface area contributed by atoms with E-state index >= 15 is 0 Å². The molecule has 1 aromatic carbocycles. The van der Waals surface area contributed by atoms with Gasteiger partial charge in [0.05, 0.1) is 24.4 Å². The molecule has 2 aliphatic rings. The summed E-state index contributed by atoms with van der Waals surface area (Å²) in [6.07, 6.45) is 11.2. The third-order valence-electron chi connectivity index (χ3n) is 6.64. The molecule has 2 aliphatic heterocycles. The summed E-state index contributed by atoms with van der Waals surface area (Å²) in [5, 5.41) is 20.6. The molecule has 0 aromatic heterocycles. The Hall–Kier alpha value is -1.16. The zero-order chi connectivity index (χ0) is 19.2. The summed E-state index contributed by atoms with van der Waals surface area (Å²) >= 11 is 0. The normalized spacial score (nSPS) is 30.7. The average Bonchev–Trinajstić information content (AvgIpc) is 3.28. The van der Waals surface area contributed by atoms with Crippen LogP contribution in [-0.2, 0) is 4.74 Å². The first-order valence-corrected chi connectivity index (χ1v) is 10.8. The van der Waals surface area contributed by atoms with Crippen molar-refractivity contribution < 1.29 is 14.9 Å². The zero-order valence-electron chi connectivity index (χ0n) is 16.8. The highest BCUT2D eigenvalue weighted by Crippen LogP contribution is 2.47. The van der Waals surface area contributed by atoms with Gasteiger partial charge in [0.25, 0.3) is 0 Å². The summed E-state index contributed by atoms with van der Waals surface area (Å²) in [5.41, 5.74) is 1.21. The maximum absolute atomic E-state index is 10.7. The molecule has 7 atom stereocenters. The smallest absolute Gasteiger partial charge is 0.0720 e. The Kier molecular flexibility index (Phi) is 7.51. The van der Waals surface area contributed by atoms with Crippen LogP contribution in [0.15, 0.2) is 42.5 Å². The minimum Gasteiger partial charge on any atom is -0.393 e. The lowest BCUT2D eigenvalue weighted by atomic mass is 9.74. The monoisotopic (exact) mass is 372 g/mol. The van der Waals surface area contributed by atoms with E-state index in [0.717, 1.165) is 32.1 Å². The highest BCUT2D eigenvalue weighted by Gasteiger charge is 2.47. The van der Waals surface area contributed by atoms with E-state index in [1.54, 1.807) is 0 Å². The van der Waals surface area contributed by atoms with E-state index in [9.17, 15) is 10.2 Å². The Bertz CT molecular complexity index is 585. The minimum atomic E-state index is -0.318. The fourth-order valence-electron chi connectivity index (χ4n) is 4.97. The molecule has 3 unspecified atom stereocenters. The number of aliphatic hydroxyl groups is 2. The van der Waals surface area contributed by atoms with E-state index in [2.05, 4.69) is 32.1 Å². The lowest BCUT2D eigenvalue weighted by molar-refractivity contribution is 0.0820. The lowest BCUT2D eigenvalue weighted by Crippen LogP contribution is -2.28. The van der Waals surface area contributed by atoms with Crippen LogP contribution in [0.1, 0.15) is 70.3 Å². The van der Waals surface area contributed by atoms with Crippen LogP contribution in [0.3, 0.4) is 0 Å². The number of fused-ring (bicyclic) bond motifs is 2. The summed E-state index contributed by atoms with van der Waals surface area (Å²) in [6, 6.07) is 10.3. The van der Waals surface area contributed by atoms with Gasteiger partial charge in [0.1, 0.15) is 0 Å². The predicted octanol–water partition coefficient (Wildman–Crippen LogP) is 4.83. The lowest BCUT2D eigenvalue weighted by Gasteiger charge is -2.29. The molecular weight excluding hydrogens is 336 g/mol. The second-order valence-electron chi connectivity index (χ2n) is 8.48. The minimum absolute atomic E-state index is 0.160. The van der Waals surface area contributed by atoms with Gasteiger partial charge in [-0.1, -0.05) is 62.8 Å². The van der Waals surface area contributed by atoms with Gasteiger partial charge in [-0.3, -0.25) is 0 Å². The Morgan fingerprint density at radius 2 is 1.78 bits per heavy atom. The zero-order valence-corrected chi connectivity index (χ0v) is 16.8. The molecule has 2 heterocycles. The van der Waals surface area contributed by atoms with Crippen LogP contribution in [0, 0.1) is 11.8 Å². The van der Waals surface area contributed by atoms with Crippen molar-refractivity contribution in [1.29, 1.82) is 0 Å². The van der Waals surface area contributed by atoms with Gasteiger partial charge in [0, 0.05) is 5.92 Å². The van der Waals surface area contributed by atoms with Crippen molar-refractivity contribution in [1.82, 2.24) is 0 Å². The molecule has 0 amide bonds. The van der Waals surface area contributed by atoms with Crippen LogP contribution in [0.4, 0.5) is 0 Å². The van der Waals surface area contributed by atoms with Crippen LogP contribution in [-0.4, -0.2) is 34.6 Å². The number of hydrogen-bond donors (Lipinski definition) is 2. The Morgan fingerprint density at radius 1 is 1.07 bits per heavy atom. The molecule has 3 nitrogen and oxygen atoms in total. The molecular formula is C24H36O3. The molecule has 1 aromatic rings. The summed E-state index contributed by atoms with van der Waals surface area (Å²) in [7, 11) is 0. The molecule has 3 heteroatoms. The number of aliphatic hydroxyl groups excluding tert-OH is 2. The number of hydrogen-bond acceptors (Lipinski definition) is 3. The topological polar surface area (TPSA) is 49.7 Å². The van der Waals surface area contributed by atoms with Gasteiger partial charge in [-0.05, 0) is 55.9 Å². The third kappa shape index (κ3) is 5.22. The second-order valence-corrected chi connectivity index (χ2v) is 8.48. The van der Waals surface area contributed by atoms with E-state index in [1.165, 1.54) is 18.4 Å². The third-order valence-corrected chi connectivity index (χ3v) is 6.64. The maximum atomic E-state index is 10.7. The largest absolute Gasteiger partial charge is 0.393 e. The van der Waals surface area contributed by atoms with Crippen LogP contribution in [0.2, 0.25) is 0 Å². The van der Waals surface area contributed by atoms with Gasteiger partial charge in [0.15, 0.2) is 0 Å². The SMILES string of the molecule is CCC[C@H](O)/C=C\C[C@@H]1[C@H](CCC(O)C(C)c2ccccc2)C2CC[C@H]1O2. The van der Waals surface area contributed by atoms with Crippen molar-refractivity contribution in [3.8, 4) is 0 Å². The molecule has 0 spiro atoms. The van der Waals surface area contributed by atoms with Crippen molar-refractivity contribution in [2.75, 3.05) is 0 Å². The molecule has 2 saturated heterocycles. The molecule has 2 fully saturated rings. The Labute approximate surface area is 164 Å². The number of ether oxygens (including phenoxy) is 1. The summed E-state index contributed by atoms with van der Waals surface area (Å²) in [5.74, 6) is 1.23. The number of benzene rings is 1. The van der Waals surface area contributed by atoms with Gasteiger partial charge in [-0.25, -0.2) is 0 Å². The van der Waals surface area contributed by atoms with Crippen LogP contribution in [0.5, 0.6) is 0 Å². The van der Waals surface area contributed by atoms with Crippen molar-refractivity contribution >= 4 is 0 Å². The first-order chi connectivity index (χ1) is 13.1. The van der Waals surface area contributed by atoms with Crippen LogP contribution < -0.4 is 0 Å². The standard InChI is InChI=1S/C24H36O3/c1-3-8-19(25)11-7-12-20-21(24-16-15-23(20)27-24)13-14-22(26)17(2)18-9-5-4-6-10-18/h4-7,9-11,17,19-26H,3,8,12-16H2,1-2H3/b11-7-/t17?,19-,20+,21-,22?,23+,24?/m0/s1. The predicted molar refractivity (Wildman–Crippen MR) is 110 cm³/mol. The van der Waals surface area contributed by atoms with Gasteiger partial charge >= 0.3 is 0 Å². The van der Waals surface area contributed by atoms with Crippen molar-refractivity contribution in [3.05, 3.63) is 48.0 Å².